The van der Waals surface area contributed by atoms with Gasteiger partial charge in [-0.15, -0.1) is 0 Å². The van der Waals surface area contributed by atoms with Gasteiger partial charge in [-0.2, -0.15) is 0 Å². The van der Waals surface area contributed by atoms with Crippen LogP contribution in [0.15, 0.2) is 12.0 Å². The van der Waals surface area contributed by atoms with E-state index in [-0.39, 0.29) is 18.8 Å². The summed E-state index contributed by atoms with van der Waals surface area (Å²) in [5.74, 6) is -0.761. The van der Waals surface area contributed by atoms with Crippen molar-refractivity contribution in [1.82, 2.24) is 0 Å². The number of rotatable bonds is 3. The number of ether oxygens (including phenoxy) is 2. The molecule has 4 heteroatoms. The number of esters is 2. The van der Waals surface area contributed by atoms with Crippen LogP contribution in [0.2, 0.25) is 0 Å². The second kappa shape index (κ2) is 5.42. The minimum absolute atomic E-state index is 0.0472. The van der Waals surface area contributed by atoms with E-state index < -0.39 is 11.9 Å². The van der Waals surface area contributed by atoms with Gasteiger partial charge in [-0.1, -0.05) is 13.3 Å². The van der Waals surface area contributed by atoms with Crippen molar-refractivity contribution in [3.05, 3.63) is 12.0 Å². The standard InChI is InChI=1S/C10H14O4/c1-2-3-4-5-10-13-8(11)6-7-9(12)14-10/h5H,2-4,6-7H2,1H3. The smallest absolute Gasteiger partial charge is 0.314 e. The maximum Gasteiger partial charge on any atom is 0.314 e. The highest BCUT2D eigenvalue weighted by Crippen LogP contribution is 2.13. The Morgan fingerprint density at radius 3 is 2.29 bits per heavy atom. The van der Waals surface area contributed by atoms with Crippen molar-refractivity contribution in [2.75, 3.05) is 0 Å². The van der Waals surface area contributed by atoms with Crippen LogP contribution in [-0.2, 0) is 19.1 Å². The van der Waals surface area contributed by atoms with Crippen molar-refractivity contribution < 1.29 is 19.1 Å². The predicted molar refractivity (Wildman–Crippen MR) is 49.0 cm³/mol. The molecule has 78 valence electrons. The van der Waals surface area contributed by atoms with Crippen LogP contribution >= 0.6 is 0 Å². The molecule has 0 spiro atoms. The van der Waals surface area contributed by atoms with Gasteiger partial charge in [0.15, 0.2) is 0 Å². The summed E-state index contributed by atoms with van der Waals surface area (Å²) in [5.41, 5.74) is 0. The summed E-state index contributed by atoms with van der Waals surface area (Å²) in [6.45, 7) is 2.06. The molecule has 4 nitrogen and oxygen atoms in total. The molecule has 0 saturated carbocycles. The van der Waals surface area contributed by atoms with Crippen molar-refractivity contribution in [3.63, 3.8) is 0 Å². The lowest BCUT2D eigenvalue weighted by atomic mass is 10.2. The van der Waals surface area contributed by atoms with Gasteiger partial charge in [0.25, 0.3) is 5.95 Å². The Kier molecular flexibility index (Phi) is 4.16. The fraction of sp³-hybridized carbons (Fsp3) is 0.600. The van der Waals surface area contributed by atoms with E-state index in [2.05, 4.69) is 6.92 Å². The molecule has 0 radical (unpaired) electrons. The summed E-state index contributed by atoms with van der Waals surface area (Å²) in [6, 6.07) is 0. The Morgan fingerprint density at radius 2 is 1.79 bits per heavy atom. The molecule has 0 aliphatic carbocycles. The van der Waals surface area contributed by atoms with Gasteiger partial charge in [0, 0.05) is 0 Å². The van der Waals surface area contributed by atoms with Gasteiger partial charge in [-0.25, -0.2) is 0 Å². The molecule has 0 unspecified atom stereocenters. The summed E-state index contributed by atoms with van der Waals surface area (Å²) in [7, 11) is 0. The van der Waals surface area contributed by atoms with Gasteiger partial charge in [-0.05, 0) is 18.9 Å². The van der Waals surface area contributed by atoms with Gasteiger partial charge in [0.1, 0.15) is 0 Å². The largest absolute Gasteiger partial charge is 0.393 e. The number of carbonyl (C=O) groups is 2. The molecule has 0 aromatic rings. The lowest BCUT2D eigenvalue weighted by Crippen LogP contribution is -2.02. The average Bonchev–Trinajstić information content (AvgIpc) is 2.29. The summed E-state index contributed by atoms with van der Waals surface area (Å²) in [6.07, 6.45) is 4.63. The third-order valence-corrected chi connectivity index (χ3v) is 1.83. The van der Waals surface area contributed by atoms with Gasteiger partial charge in [-0.3, -0.25) is 9.59 Å². The zero-order chi connectivity index (χ0) is 10.4. The Morgan fingerprint density at radius 1 is 1.21 bits per heavy atom. The first kappa shape index (κ1) is 10.8. The zero-order valence-electron chi connectivity index (χ0n) is 8.25. The molecule has 0 bridgehead atoms. The van der Waals surface area contributed by atoms with Crippen molar-refractivity contribution in [1.29, 1.82) is 0 Å². The molecular weight excluding hydrogens is 184 g/mol. The van der Waals surface area contributed by atoms with Crippen LogP contribution in [0.5, 0.6) is 0 Å². The Hall–Kier alpha value is -1.32. The van der Waals surface area contributed by atoms with Crippen LogP contribution in [0.25, 0.3) is 0 Å². The molecule has 0 aromatic carbocycles. The zero-order valence-corrected chi connectivity index (χ0v) is 8.25. The van der Waals surface area contributed by atoms with E-state index in [4.69, 9.17) is 9.47 Å². The van der Waals surface area contributed by atoms with Crippen molar-refractivity contribution in [2.45, 2.75) is 39.0 Å². The maximum atomic E-state index is 11.0. The molecule has 0 amide bonds. The van der Waals surface area contributed by atoms with Crippen LogP contribution < -0.4 is 0 Å². The number of hydrogen-bond donors (Lipinski definition) is 0. The average molecular weight is 198 g/mol. The monoisotopic (exact) mass is 198 g/mol. The Balaban J connectivity index is 2.52. The van der Waals surface area contributed by atoms with E-state index in [0.29, 0.717) is 0 Å². The van der Waals surface area contributed by atoms with Crippen LogP contribution in [0, 0.1) is 0 Å². The first-order chi connectivity index (χ1) is 6.72. The molecule has 0 aromatic heterocycles. The molecule has 0 atom stereocenters. The number of hydrogen-bond acceptors (Lipinski definition) is 4. The minimum Gasteiger partial charge on any atom is -0.393 e. The summed E-state index contributed by atoms with van der Waals surface area (Å²) >= 11 is 0. The van der Waals surface area contributed by atoms with E-state index in [1.54, 1.807) is 6.08 Å². The van der Waals surface area contributed by atoms with Gasteiger partial charge < -0.3 is 9.47 Å². The molecule has 1 fully saturated rings. The topological polar surface area (TPSA) is 52.6 Å². The number of carbonyl (C=O) groups excluding carboxylic acids is 2. The summed E-state index contributed by atoms with van der Waals surface area (Å²) < 4.78 is 9.61. The summed E-state index contributed by atoms with van der Waals surface area (Å²) in [4.78, 5) is 22.0. The fourth-order valence-corrected chi connectivity index (χ4v) is 1.06. The van der Waals surface area contributed by atoms with Crippen LogP contribution in [0.4, 0.5) is 0 Å². The Labute approximate surface area is 82.9 Å². The molecular formula is C10H14O4. The van der Waals surface area contributed by atoms with Crippen molar-refractivity contribution in [2.24, 2.45) is 0 Å². The lowest BCUT2D eigenvalue weighted by Gasteiger charge is -2.02. The van der Waals surface area contributed by atoms with E-state index in [0.717, 1.165) is 19.3 Å². The number of unbranched alkanes of at least 4 members (excludes halogenated alkanes) is 2. The highest BCUT2D eigenvalue weighted by Gasteiger charge is 2.19. The molecule has 0 N–H and O–H groups in total. The van der Waals surface area contributed by atoms with Gasteiger partial charge >= 0.3 is 11.9 Å². The third kappa shape index (κ3) is 3.60. The van der Waals surface area contributed by atoms with Crippen LogP contribution in [0.3, 0.4) is 0 Å². The minimum atomic E-state index is -0.404. The summed E-state index contributed by atoms with van der Waals surface area (Å²) in [5, 5.41) is 0. The maximum absolute atomic E-state index is 11.0. The number of cyclic esters (lactones) is 2. The first-order valence-electron chi connectivity index (χ1n) is 4.84. The SMILES string of the molecule is CCCCC=C1OC(=O)CCC(=O)O1. The van der Waals surface area contributed by atoms with E-state index >= 15 is 0 Å². The van der Waals surface area contributed by atoms with E-state index in [9.17, 15) is 9.59 Å². The first-order valence-corrected chi connectivity index (χ1v) is 4.84. The fourth-order valence-electron chi connectivity index (χ4n) is 1.06. The van der Waals surface area contributed by atoms with Crippen LogP contribution in [0.1, 0.15) is 39.0 Å². The van der Waals surface area contributed by atoms with Gasteiger partial charge in [0.05, 0.1) is 12.8 Å². The predicted octanol–water partition coefficient (Wildman–Crippen LogP) is 1.90. The molecule has 1 heterocycles. The second-order valence-electron chi connectivity index (χ2n) is 3.11. The van der Waals surface area contributed by atoms with Crippen molar-refractivity contribution >= 4 is 11.9 Å². The van der Waals surface area contributed by atoms with E-state index in [1.165, 1.54) is 0 Å². The normalized spacial score (nSPS) is 17.1. The third-order valence-electron chi connectivity index (χ3n) is 1.83. The van der Waals surface area contributed by atoms with Gasteiger partial charge in [0.2, 0.25) is 0 Å². The Bertz CT molecular complexity index is 235. The van der Waals surface area contributed by atoms with E-state index in [1.807, 2.05) is 0 Å². The van der Waals surface area contributed by atoms with Crippen molar-refractivity contribution in [3.8, 4) is 0 Å². The molecule has 1 aliphatic heterocycles. The highest BCUT2D eigenvalue weighted by atomic mass is 16.7. The van der Waals surface area contributed by atoms with Crippen LogP contribution in [-0.4, -0.2) is 11.9 Å². The number of allylic oxidation sites excluding steroid dienone is 1. The second-order valence-corrected chi connectivity index (χ2v) is 3.11. The lowest BCUT2D eigenvalue weighted by molar-refractivity contribution is -0.147. The molecule has 1 rings (SSSR count). The molecule has 1 saturated heterocycles. The molecule has 1 aliphatic rings. The quantitative estimate of drug-likeness (QED) is 0.513. The molecule has 14 heavy (non-hydrogen) atoms. The highest BCUT2D eigenvalue weighted by molar-refractivity contribution is 5.80.